The number of nitrogens with zero attached hydrogens (tertiary/aromatic N) is 1. The number of rotatable bonds is 25. The molecule has 0 atom stereocenters. The van der Waals surface area contributed by atoms with E-state index in [0.29, 0.717) is 31.0 Å². The highest BCUT2D eigenvalue weighted by Gasteiger charge is 2.21. The maximum Gasteiger partial charge on any atom is 0.227 e. The van der Waals surface area contributed by atoms with Gasteiger partial charge in [0.2, 0.25) is 11.8 Å². The standard InChI is InChI=1S/C43H57N3O5/c1-4-5-6-7-8-9-10-11-12-13-14-15-16-17-18-19-20-23-40(47)44-32-21-22-33-45-41(48)34-39-42(35-24-28-37(49-2)29-25-35)43(46-51-39)36-26-30-38(50-3)31-27-36/h8-9,11-12,14-15,17-18,24-31H,4-7,10,13,16,19-23,32-34H2,1-3H3,(H,44,47)(H,45,48)/b9-8-,12-11-,15-14-,18-17-. The highest BCUT2D eigenvalue weighted by Crippen LogP contribution is 2.36. The molecule has 0 radical (unpaired) electrons. The van der Waals surface area contributed by atoms with Crippen LogP contribution >= 0.6 is 0 Å². The summed E-state index contributed by atoms with van der Waals surface area (Å²) in [6, 6.07) is 15.2. The summed E-state index contributed by atoms with van der Waals surface area (Å²) in [6.07, 6.45) is 29.5. The molecule has 2 N–H and O–H groups in total. The van der Waals surface area contributed by atoms with Crippen LogP contribution in [0.15, 0.2) is 102 Å². The molecule has 0 spiro atoms. The number of nitrogens with one attached hydrogen (secondary N) is 2. The number of unbranched alkanes of at least 4 members (excludes halogenated alkanes) is 5. The minimum Gasteiger partial charge on any atom is -0.497 e. The number of ether oxygens (including phenoxy) is 2. The molecule has 8 heteroatoms. The maximum atomic E-state index is 12.9. The van der Waals surface area contributed by atoms with Gasteiger partial charge in [0.1, 0.15) is 17.2 Å². The van der Waals surface area contributed by atoms with Crippen molar-refractivity contribution in [1.29, 1.82) is 0 Å². The van der Waals surface area contributed by atoms with Crippen LogP contribution in [0.2, 0.25) is 0 Å². The molecule has 0 aliphatic heterocycles. The Labute approximate surface area is 305 Å². The largest absolute Gasteiger partial charge is 0.497 e. The molecule has 0 aliphatic carbocycles. The van der Waals surface area contributed by atoms with Gasteiger partial charge in [-0.05, 0) is 99.7 Å². The first-order valence-corrected chi connectivity index (χ1v) is 18.5. The third-order valence-electron chi connectivity index (χ3n) is 8.31. The van der Waals surface area contributed by atoms with Crippen LogP contribution in [-0.2, 0) is 16.0 Å². The van der Waals surface area contributed by atoms with E-state index in [-0.39, 0.29) is 18.2 Å². The summed E-state index contributed by atoms with van der Waals surface area (Å²) in [5, 5.41) is 10.3. The fourth-order valence-corrected chi connectivity index (χ4v) is 5.39. The number of methoxy groups -OCH3 is 2. The lowest BCUT2D eigenvalue weighted by atomic mass is 9.98. The Morgan fingerprint density at radius 3 is 1.71 bits per heavy atom. The van der Waals surface area contributed by atoms with Crippen molar-refractivity contribution in [3.05, 3.63) is 103 Å². The summed E-state index contributed by atoms with van der Waals surface area (Å²) in [4.78, 5) is 25.1. The van der Waals surface area contributed by atoms with Crippen LogP contribution in [0, 0.1) is 0 Å². The SMILES string of the molecule is CCCCC/C=C\C/C=C\C/C=C\C/C=C\CCCC(=O)NCCCCNC(=O)Cc1onc(-c2ccc(OC)cc2)c1-c1ccc(OC)cc1. The predicted octanol–water partition coefficient (Wildman–Crippen LogP) is 9.73. The fraction of sp³-hybridized carbons (Fsp3) is 0.419. The van der Waals surface area contributed by atoms with Crippen LogP contribution < -0.4 is 20.1 Å². The van der Waals surface area contributed by atoms with Crippen molar-refractivity contribution in [2.75, 3.05) is 27.3 Å². The Hall–Kier alpha value is -4.85. The molecular formula is C43H57N3O5. The van der Waals surface area contributed by atoms with E-state index < -0.39 is 0 Å². The first-order chi connectivity index (χ1) is 25.0. The molecule has 3 aromatic rings. The molecule has 0 fully saturated rings. The maximum absolute atomic E-state index is 12.9. The van der Waals surface area contributed by atoms with Crippen molar-refractivity contribution in [2.45, 2.75) is 90.4 Å². The van der Waals surface area contributed by atoms with Gasteiger partial charge in [0.15, 0.2) is 5.76 Å². The highest BCUT2D eigenvalue weighted by atomic mass is 16.5. The van der Waals surface area contributed by atoms with Crippen LogP contribution in [0.3, 0.4) is 0 Å². The molecule has 2 aromatic carbocycles. The Morgan fingerprint density at radius 2 is 1.16 bits per heavy atom. The van der Waals surface area contributed by atoms with E-state index in [1.54, 1.807) is 14.2 Å². The van der Waals surface area contributed by atoms with Gasteiger partial charge in [-0.15, -0.1) is 0 Å². The number of allylic oxidation sites excluding steroid dienone is 8. The minimum atomic E-state index is -0.150. The van der Waals surface area contributed by atoms with Crippen molar-refractivity contribution in [1.82, 2.24) is 15.8 Å². The Bertz CT molecular complexity index is 1530. The Kier molecular flexibility index (Phi) is 20.0. The number of carbonyl (C=O) groups excluding carboxylic acids is 2. The smallest absolute Gasteiger partial charge is 0.227 e. The average Bonchev–Trinajstić information content (AvgIpc) is 3.57. The summed E-state index contributed by atoms with van der Waals surface area (Å²) < 4.78 is 16.3. The van der Waals surface area contributed by atoms with Crippen LogP contribution in [0.1, 0.15) is 89.7 Å². The molecular weight excluding hydrogens is 638 g/mol. The topological polar surface area (TPSA) is 103 Å². The first-order valence-electron chi connectivity index (χ1n) is 18.5. The molecule has 0 saturated carbocycles. The molecule has 1 heterocycles. The molecule has 274 valence electrons. The molecule has 0 bridgehead atoms. The first kappa shape index (κ1) is 40.6. The molecule has 51 heavy (non-hydrogen) atoms. The van der Waals surface area contributed by atoms with Crippen molar-refractivity contribution in [3.8, 4) is 33.9 Å². The van der Waals surface area contributed by atoms with E-state index >= 15 is 0 Å². The minimum absolute atomic E-state index is 0.0562. The van der Waals surface area contributed by atoms with Crippen LogP contribution in [-0.4, -0.2) is 44.3 Å². The van der Waals surface area contributed by atoms with Crippen LogP contribution in [0.5, 0.6) is 11.5 Å². The zero-order valence-corrected chi connectivity index (χ0v) is 30.8. The van der Waals surface area contributed by atoms with Crippen molar-refractivity contribution >= 4 is 11.8 Å². The summed E-state index contributed by atoms with van der Waals surface area (Å²) in [5.74, 6) is 1.88. The number of carbonyl (C=O) groups is 2. The second-order valence-corrected chi connectivity index (χ2v) is 12.4. The summed E-state index contributed by atoms with van der Waals surface area (Å²) in [7, 11) is 3.25. The van der Waals surface area contributed by atoms with E-state index in [4.69, 9.17) is 14.0 Å². The van der Waals surface area contributed by atoms with Crippen molar-refractivity contribution in [3.63, 3.8) is 0 Å². The Morgan fingerprint density at radius 1 is 0.647 bits per heavy atom. The summed E-state index contributed by atoms with van der Waals surface area (Å²) in [5.41, 5.74) is 3.15. The summed E-state index contributed by atoms with van der Waals surface area (Å²) in [6.45, 7) is 3.34. The second-order valence-electron chi connectivity index (χ2n) is 12.4. The van der Waals surface area contributed by atoms with Gasteiger partial charge < -0.3 is 24.6 Å². The highest BCUT2D eigenvalue weighted by molar-refractivity contribution is 5.86. The van der Waals surface area contributed by atoms with E-state index in [9.17, 15) is 9.59 Å². The number of aromatic nitrogens is 1. The van der Waals surface area contributed by atoms with E-state index in [0.717, 1.165) is 73.1 Å². The molecule has 0 aliphatic rings. The van der Waals surface area contributed by atoms with Gasteiger partial charge >= 0.3 is 0 Å². The number of benzene rings is 2. The quantitative estimate of drug-likeness (QED) is 0.0676. The lowest BCUT2D eigenvalue weighted by molar-refractivity contribution is -0.122. The van der Waals surface area contributed by atoms with Crippen LogP contribution in [0.25, 0.3) is 22.4 Å². The number of amides is 2. The monoisotopic (exact) mass is 695 g/mol. The third kappa shape index (κ3) is 16.1. The van der Waals surface area contributed by atoms with Crippen LogP contribution in [0.4, 0.5) is 0 Å². The number of hydrogen-bond donors (Lipinski definition) is 2. The van der Waals surface area contributed by atoms with Crippen molar-refractivity contribution < 1.29 is 23.6 Å². The van der Waals surface area contributed by atoms with Gasteiger partial charge in [0, 0.05) is 25.1 Å². The third-order valence-corrected chi connectivity index (χ3v) is 8.31. The molecule has 8 nitrogen and oxygen atoms in total. The molecule has 2 amide bonds. The predicted molar refractivity (Wildman–Crippen MR) is 208 cm³/mol. The van der Waals surface area contributed by atoms with Crippen molar-refractivity contribution in [2.24, 2.45) is 0 Å². The lowest BCUT2D eigenvalue weighted by Gasteiger charge is -2.08. The van der Waals surface area contributed by atoms with E-state index in [1.807, 2.05) is 48.5 Å². The number of hydrogen-bond acceptors (Lipinski definition) is 6. The second kappa shape index (κ2) is 25.2. The fourth-order valence-electron chi connectivity index (χ4n) is 5.39. The zero-order chi connectivity index (χ0) is 36.4. The van der Waals surface area contributed by atoms with E-state index in [2.05, 4.69) is 71.3 Å². The molecule has 3 rings (SSSR count). The van der Waals surface area contributed by atoms with Gasteiger partial charge in [0.05, 0.1) is 26.2 Å². The van der Waals surface area contributed by atoms with Gasteiger partial charge in [-0.25, -0.2) is 0 Å². The zero-order valence-electron chi connectivity index (χ0n) is 30.8. The van der Waals surface area contributed by atoms with Gasteiger partial charge in [-0.3, -0.25) is 9.59 Å². The Balaban J connectivity index is 1.28. The lowest BCUT2D eigenvalue weighted by Crippen LogP contribution is -2.28. The van der Waals surface area contributed by atoms with Gasteiger partial charge in [-0.1, -0.05) is 85.7 Å². The summed E-state index contributed by atoms with van der Waals surface area (Å²) >= 11 is 0. The molecule has 1 aromatic heterocycles. The molecule has 0 saturated heterocycles. The van der Waals surface area contributed by atoms with Gasteiger partial charge in [0.25, 0.3) is 0 Å². The normalized spacial score (nSPS) is 11.7. The van der Waals surface area contributed by atoms with Gasteiger partial charge in [-0.2, -0.15) is 0 Å². The average molecular weight is 696 g/mol. The van der Waals surface area contributed by atoms with E-state index in [1.165, 1.54) is 25.7 Å². The molecule has 0 unspecified atom stereocenters.